The normalized spacial score (nSPS) is 25.3. The molecule has 1 aromatic rings. The lowest BCUT2D eigenvalue weighted by molar-refractivity contribution is 0.347. The minimum absolute atomic E-state index is 0.360. The van der Waals surface area contributed by atoms with Crippen molar-refractivity contribution in [1.29, 1.82) is 0 Å². The van der Waals surface area contributed by atoms with E-state index in [2.05, 4.69) is 0 Å². The predicted octanol–water partition coefficient (Wildman–Crippen LogP) is 2.47. The van der Waals surface area contributed by atoms with Gasteiger partial charge in [-0.3, -0.25) is 0 Å². The van der Waals surface area contributed by atoms with Gasteiger partial charge >= 0.3 is 0 Å². The van der Waals surface area contributed by atoms with Gasteiger partial charge in [0, 0.05) is 18.8 Å². The van der Waals surface area contributed by atoms with E-state index in [1.807, 2.05) is 0 Å². The zero-order valence-electron chi connectivity index (χ0n) is 11.7. The molecule has 1 aromatic carbocycles. The minimum atomic E-state index is -3.34. The number of anilines is 1. The molecule has 110 valence electrons. The molecule has 0 bridgehead atoms. The number of nitrogen functional groups attached to an aromatic ring is 1. The van der Waals surface area contributed by atoms with Crippen molar-refractivity contribution < 1.29 is 8.42 Å². The highest BCUT2D eigenvalue weighted by Crippen LogP contribution is 2.37. The minimum Gasteiger partial charge on any atom is -0.399 e. The molecular weight excluding hydrogens is 272 g/mol. The van der Waals surface area contributed by atoms with Gasteiger partial charge in [-0.25, -0.2) is 8.42 Å². The number of sulfonamides is 1. The van der Waals surface area contributed by atoms with Crippen LogP contribution in [0.25, 0.3) is 0 Å². The number of nitrogens with zero attached hydrogens (tertiary/aromatic N) is 1. The van der Waals surface area contributed by atoms with Gasteiger partial charge in [0.1, 0.15) is 0 Å². The first-order chi connectivity index (χ1) is 9.57. The Morgan fingerprint density at radius 2 is 1.65 bits per heavy atom. The van der Waals surface area contributed by atoms with E-state index in [4.69, 9.17) is 5.73 Å². The van der Waals surface area contributed by atoms with Crippen molar-refractivity contribution in [2.75, 3.05) is 18.8 Å². The molecule has 1 saturated heterocycles. The summed E-state index contributed by atoms with van der Waals surface area (Å²) in [5.74, 6) is 1.29. The third-order valence-electron chi connectivity index (χ3n) is 4.77. The summed E-state index contributed by atoms with van der Waals surface area (Å²) in [5, 5.41) is 0. The molecule has 0 amide bonds. The standard InChI is InChI=1S/C15H22N2O2S/c16-14-5-7-15(8-6-14)20(18,19)17-10-9-13(11-17)12-3-1-2-4-12/h5-8,12-13H,1-4,9-11,16H2. The molecular formula is C15H22N2O2S. The highest BCUT2D eigenvalue weighted by atomic mass is 32.2. The van der Waals surface area contributed by atoms with E-state index >= 15 is 0 Å². The van der Waals surface area contributed by atoms with E-state index < -0.39 is 10.0 Å². The van der Waals surface area contributed by atoms with Crippen molar-refractivity contribution in [1.82, 2.24) is 4.31 Å². The van der Waals surface area contributed by atoms with Gasteiger partial charge in [0.05, 0.1) is 4.90 Å². The smallest absolute Gasteiger partial charge is 0.243 e. The quantitative estimate of drug-likeness (QED) is 0.871. The lowest BCUT2D eigenvalue weighted by atomic mass is 9.90. The fourth-order valence-corrected chi connectivity index (χ4v) is 5.09. The summed E-state index contributed by atoms with van der Waals surface area (Å²) >= 11 is 0. The van der Waals surface area contributed by atoms with Crippen LogP contribution in [0.5, 0.6) is 0 Å². The Morgan fingerprint density at radius 3 is 2.30 bits per heavy atom. The van der Waals surface area contributed by atoms with Crippen LogP contribution in [0.4, 0.5) is 5.69 Å². The lowest BCUT2D eigenvalue weighted by Gasteiger charge is -2.19. The Kier molecular flexibility index (Phi) is 3.73. The van der Waals surface area contributed by atoms with Crippen LogP contribution < -0.4 is 5.73 Å². The molecule has 1 aliphatic carbocycles. The van der Waals surface area contributed by atoms with Crippen LogP contribution in [0.1, 0.15) is 32.1 Å². The van der Waals surface area contributed by atoms with Crippen LogP contribution in [0.15, 0.2) is 29.2 Å². The van der Waals surface area contributed by atoms with E-state index in [0.717, 1.165) is 12.3 Å². The summed E-state index contributed by atoms with van der Waals surface area (Å²) in [5.41, 5.74) is 6.21. The number of nitrogens with two attached hydrogens (primary N) is 1. The highest BCUT2D eigenvalue weighted by Gasteiger charge is 2.36. The highest BCUT2D eigenvalue weighted by molar-refractivity contribution is 7.89. The molecule has 3 rings (SSSR count). The van der Waals surface area contributed by atoms with E-state index in [9.17, 15) is 8.42 Å². The summed E-state index contributed by atoms with van der Waals surface area (Å²) in [4.78, 5) is 0.360. The summed E-state index contributed by atoms with van der Waals surface area (Å²) in [7, 11) is -3.34. The van der Waals surface area contributed by atoms with Gasteiger partial charge in [0.25, 0.3) is 0 Å². The molecule has 20 heavy (non-hydrogen) atoms. The second kappa shape index (κ2) is 5.37. The monoisotopic (exact) mass is 294 g/mol. The second-order valence-electron chi connectivity index (χ2n) is 6.03. The van der Waals surface area contributed by atoms with E-state index in [0.29, 0.717) is 29.6 Å². The molecule has 0 spiro atoms. The molecule has 4 nitrogen and oxygen atoms in total. The van der Waals surface area contributed by atoms with Gasteiger partial charge in [0.2, 0.25) is 10.0 Å². The Bertz CT molecular complexity index is 562. The maximum atomic E-state index is 12.6. The molecule has 0 radical (unpaired) electrons. The van der Waals surface area contributed by atoms with Crippen molar-refractivity contribution >= 4 is 15.7 Å². The molecule has 1 atom stereocenters. The van der Waals surface area contributed by atoms with Crippen molar-refractivity contribution in [3.8, 4) is 0 Å². The SMILES string of the molecule is Nc1ccc(S(=O)(=O)N2CCC(C3CCCC3)C2)cc1. The largest absolute Gasteiger partial charge is 0.399 e. The maximum Gasteiger partial charge on any atom is 0.243 e. The molecule has 2 fully saturated rings. The fourth-order valence-electron chi connectivity index (χ4n) is 3.57. The van der Waals surface area contributed by atoms with Gasteiger partial charge in [0.15, 0.2) is 0 Å². The van der Waals surface area contributed by atoms with Crippen molar-refractivity contribution in [2.45, 2.75) is 37.0 Å². The molecule has 2 aliphatic rings. The first kappa shape index (κ1) is 13.9. The average Bonchev–Trinajstić information content (AvgIpc) is 3.10. The van der Waals surface area contributed by atoms with E-state index in [1.54, 1.807) is 28.6 Å². The molecule has 2 N–H and O–H groups in total. The first-order valence-corrected chi connectivity index (χ1v) is 8.87. The molecule has 1 saturated carbocycles. The number of rotatable bonds is 3. The molecule has 5 heteroatoms. The van der Waals surface area contributed by atoms with Crippen LogP contribution in [0, 0.1) is 11.8 Å². The zero-order valence-corrected chi connectivity index (χ0v) is 12.5. The topological polar surface area (TPSA) is 63.4 Å². The van der Waals surface area contributed by atoms with Gasteiger partial charge < -0.3 is 5.73 Å². The van der Waals surface area contributed by atoms with E-state index in [1.165, 1.54) is 25.7 Å². The third-order valence-corrected chi connectivity index (χ3v) is 6.65. The van der Waals surface area contributed by atoms with Crippen molar-refractivity contribution in [3.63, 3.8) is 0 Å². The Balaban J connectivity index is 1.74. The Labute approximate surface area is 121 Å². The van der Waals surface area contributed by atoms with Crippen LogP contribution in [-0.4, -0.2) is 25.8 Å². The average molecular weight is 294 g/mol. The molecule has 1 unspecified atom stereocenters. The number of hydrogen-bond donors (Lipinski definition) is 1. The molecule has 1 heterocycles. The fraction of sp³-hybridized carbons (Fsp3) is 0.600. The molecule has 0 aromatic heterocycles. The zero-order chi connectivity index (χ0) is 14.2. The van der Waals surface area contributed by atoms with Crippen molar-refractivity contribution in [3.05, 3.63) is 24.3 Å². The van der Waals surface area contributed by atoms with Gasteiger partial charge in [-0.15, -0.1) is 0 Å². The summed E-state index contributed by atoms with van der Waals surface area (Å²) in [6, 6.07) is 6.51. The second-order valence-corrected chi connectivity index (χ2v) is 7.96. The summed E-state index contributed by atoms with van der Waals surface area (Å²) < 4.78 is 26.8. The Morgan fingerprint density at radius 1 is 1.00 bits per heavy atom. The molecule has 1 aliphatic heterocycles. The lowest BCUT2D eigenvalue weighted by Crippen LogP contribution is -2.29. The van der Waals surface area contributed by atoms with Crippen molar-refractivity contribution in [2.24, 2.45) is 11.8 Å². The van der Waals surface area contributed by atoms with Crippen LogP contribution in [0.3, 0.4) is 0 Å². The van der Waals surface area contributed by atoms with E-state index in [-0.39, 0.29) is 0 Å². The van der Waals surface area contributed by atoms with Gasteiger partial charge in [-0.05, 0) is 42.5 Å². The van der Waals surface area contributed by atoms with Gasteiger partial charge in [-0.2, -0.15) is 4.31 Å². The summed E-state index contributed by atoms with van der Waals surface area (Å²) in [6.07, 6.45) is 6.19. The third kappa shape index (κ3) is 2.56. The first-order valence-electron chi connectivity index (χ1n) is 7.43. The Hall–Kier alpha value is -1.07. The van der Waals surface area contributed by atoms with Crippen LogP contribution in [-0.2, 0) is 10.0 Å². The maximum absolute atomic E-state index is 12.6. The predicted molar refractivity (Wildman–Crippen MR) is 79.7 cm³/mol. The number of benzene rings is 1. The summed E-state index contributed by atoms with van der Waals surface area (Å²) in [6.45, 7) is 1.35. The van der Waals surface area contributed by atoms with Crippen LogP contribution >= 0.6 is 0 Å². The van der Waals surface area contributed by atoms with Crippen LogP contribution in [0.2, 0.25) is 0 Å². The number of hydrogen-bond acceptors (Lipinski definition) is 3. The van der Waals surface area contributed by atoms with Gasteiger partial charge in [-0.1, -0.05) is 25.7 Å².